The lowest BCUT2D eigenvalue weighted by atomic mass is 10.1. The molecular weight excluding hydrogens is 277 g/mol. The van der Waals surface area contributed by atoms with E-state index in [4.69, 9.17) is 28.3 Å². The predicted octanol–water partition coefficient (Wildman–Crippen LogP) is 2.09. The number of rotatable bonds is 7. The van der Waals surface area contributed by atoms with Crippen molar-refractivity contribution in [2.45, 2.75) is 6.10 Å². The van der Waals surface area contributed by atoms with Crippen molar-refractivity contribution in [2.75, 3.05) is 29.7 Å². The molecule has 0 aliphatic rings. The second-order valence-corrected chi connectivity index (χ2v) is 4.45. The van der Waals surface area contributed by atoms with Crippen molar-refractivity contribution in [3.05, 3.63) is 29.8 Å². The molecule has 100 valence electrons. The highest BCUT2D eigenvalue weighted by atomic mass is 35.5. The normalized spacial score (nSPS) is 12.2. The van der Waals surface area contributed by atoms with Gasteiger partial charge in [0.25, 0.3) is 0 Å². The monoisotopic (exact) mass is 291 g/mol. The lowest BCUT2D eigenvalue weighted by Gasteiger charge is -2.23. The number of halogens is 2. The Morgan fingerprint density at radius 1 is 1.17 bits per heavy atom. The van der Waals surface area contributed by atoms with Crippen molar-refractivity contribution in [3.8, 4) is 0 Å². The standard InChI is InChI=1S/C12H15Cl2NO3/c13-5-7-15(8-6-14)10-3-1-9(2-4-10)11(16)12(17)18/h1-4,11,16H,5-8H2,(H,17,18). The van der Waals surface area contributed by atoms with Gasteiger partial charge in [0.15, 0.2) is 6.10 Å². The van der Waals surface area contributed by atoms with E-state index in [-0.39, 0.29) is 0 Å². The molecule has 2 N–H and O–H groups in total. The molecular formula is C12H15Cl2NO3. The van der Waals surface area contributed by atoms with Gasteiger partial charge in [-0.05, 0) is 17.7 Å². The van der Waals surface area contributed by atoms with E-state index in [1.54, 1.807) is 24.3 Å². The zero-order valence-corrected chi connectivity index (χ0v) is 11.2. The maximum atomic E-state index is 10.6. The van der Waals surface area contributed by atoms with Crippen molar-refractivity contribution >= 4 is 34.9 Å². The van der Waals surface area contributed by atoms with E-state index in [2.05, 4.69) is 0 Å². The van der Waals surface area contributed by atoms with Crippen LogP contribution in [0.1, 0.15) is 11.7 Å². The van der Waals surface area contributed by atoms with Crippen molar-refractivity contribution in [1.82, 2.24) is 0 Å². The summed E-state index contributed by atoms with van der Waals surface area (Å²) in [5.74, 6) is -0.298. The molecule has 0 heterocycles. The van der Waals surface area contributed by atoms with Crippen LogP contribution in [0.5, 0.6) is 0 Å². The summed E-state index contributed by atoms with van der Waals surface area (Å²) in [6.07, 6.45) is -1.49. The van der Waals surface area contributed by atoms with Crippen LogP contribution in [0, 0.1) is 0 Å². The van der Waals surface area contributed by atoms with Gasteiger partial charge in [0.1, 0.15) is 0 Å². The van der Waals surface area contributed by atoms with E-state index in [0.717, 1.165) is 5.69 Å². The number of carboxylic acids is 1. The van der Waals surface area contributed by atoms with Gasteiger partial charge >= 0.3 is 5.97 Å². The molecule has 6 heteroatoms. The van der Waals surface area contributed by atoms with Crippen LogP contribution in [0.2, 0.25) is 0 Å². The minimum Gasteiger partial charge on any atom is -0.479 e. The summed E-state index contributed by atoms with van der Waals surface area (Å²) in [5, 5.41) is 18.1. The molecule has 0 spiro atoms. The molecule has 1 aromatic rings. The maximum absolute atomic E-state index is 10.6. The molecule has 0 radical (unpaired) electrons. The molecule has 0 saturated carbocycles. The highest BCUT2D eigenvalue weighted by Crippen LogP contribution is 2.19. The summed E-state index contributed by atoms with van der Waals surface area (Å²) in [6.45, 7) is 1.32. The van der Waals surface area contributed by atoms with E-state index in [1.807, 2.05) is 4.90 Å². The van der Waals surface area contributed by atoms with Crippen molar-refractivity contribution in [1.29, 1.82) is 0 Å². The smallest absolute Gasteiger partial charge is 0.337 e. The molecule has 0 amide bonds. The van der Waals surface area contributed by atoms with E-state index in [1.165, 1.54) is 0 Å². The van der Waals surface area contributed by atoms with Gasteiger partial charge in [0, 0.05) is 30.5 Å². The lowest BCUT2D eigenvalue weighted by Crippen LogP contribution is -2.27. The largest absolute Gasteiger partial charge is 0.479 e. The molecule has 0 aliphatic carbocycles. The third-order valence-electron chi connectivity index (χ3n) is 2.52. The predicted molar refractivity (Wildman–Crippen MR) is 72.7 cm³/mol. The Morgan fingerprint density at radius 2 is 1.67 bits per heavy atom. The average Bonchev–Trinajstić information content (AvgIpc) is 2.38. The Kier molecular flexibility index (Phi) is 6.25. The van der Waals surface area contributed by atoms with Crippen LogP contribution in [-0.4, -0.2) is 41.0 Å². The SMILES string of the molecule is O=C(O)C(O)c1ccc(N(CCCl)CCCl)cc1. The number of carboxylic acid groups (broad SMARTS) is 1. The second kappa shape index (κ2) is 7.46. The molecule has 1 aromatic carbocycles. The fourth-order valence-electron chi connectivity index (χ4n) is 1.58. The summed E-state index contributed by atoms with van der Waals surface area (Å²) >= 11 is 11.4. The number of aliphatic hydroxyl groups is 1. The molecule has 0 fully saturated rings. The molecule has 0 aliphatic heterocycles. The fourth-order valence-corrected chi connectivity index (χ4v) is 1.99. The Balaban J connectivity index is 2.82. The lowest BCUT2D eigenvalue weighted by molar-refractivity contribution is -0.146. The van der Waals surface area contributed by atoms with Crippen LogP contribution in [0.4, 0.5) is 5.69 Å². The van der Waals surface area contributed by atoms with Crippen LogP contribution in [0.25, 0.3) is 0 Å². The quantitative estimate of drug-likeness (QED) is 0.755. The number of alkyl halides is 2. The molecule has 1 atom stereocenters. The Bertz CT molecular complexity index is 377. The highest BCUT2D eigenvalue weighted by molar-refractivity contribution is 6.18. The van der Waals surface area contributed by atoms with Crippen LogP contribution in [0.3, 0.4) is 0 Å². The van der Waals surface area contributed by atoms with Crippen molar-refractivity contribution < 1.29 is 15.0 Å². The Labute approximate surface area is 116 Å². The van der Waals surface area contributed by atoms with Gasteiger partial charge in [-0.3, -0.25) is 0 Å². The number of aliphatic hydroxyl groups excluding tert-OH is 1. The second-order valence-electron chi connectivity index (χ2n) is 3.70. The van der Waals surface area contributed by atoms with Gasteiger partial charge in [-0.15, -0.1) is 23.2 Å². The Morgan fingerprint density at radius 3 is 2.06 bits per heavy atom. The number of benzene rings is 1. The number of anilines is 1. The Hall–Kier alpha value is -0.970. The van der Waals surface area contributed by atoms with Gasteiger partial charge < -0.3 is 15.1 Å². The van der Waals surface area contributed by atoms with Crippen molar-refractivity contribution in [2.24, 2.45) is 0 Å². The zero-order chi connectivity index (χ0) is 13.5. The minimum atomic E-state index is -1.49. The van der Waals surface area contributed by atoms with Crippen molar-refractivity contribution in [3.63, 3.8) is 0 Å². The van der Waals surface area contributed by atoms with Gasteiger partial charge in [-0.2, -0.15) is 0 Å². The van der Waals surface area contributed by atoms with E-state index in [0.29, 0.717) is 30.4 Å². The first-order valence-electron chi connectivity index (χ1n) is 5.48. The topological polar surface area (TPSA) is 60.8 Å². The molecule has 0 saturated heterocycles. The molecule has 1 unspecified atom stereocenters. The summed E-state index contributed by atoms with van der Waals surface area (Å²) < 4.78 is 0. The minimum absolute atomic E-state index is 0.350. The van der Waals surface area contributed by atoms with E-state index < -0.39 is 12.1 Å². The first kappa shape index (κ1) is 15.1. The third-order valence-corrected chi connectivity index (χ3v) is 2.85. The van der Waals surface area contributed by atoms with Crippen LogP contribution >= 0.6 is 23.2 Å². The first-order valence-corrected chi connectivity index (χ1v) is 6.54. The number of nitrogens with zero attached hydrogens (tertiary/aromatic N) is 1. The number of hydrogen-bond donors (Lipinski definition) is 2. The van der Waals surface area contributed by atoms with E-state index >= 15 is 0 Å². The van der Waals surface area contributed by atoms with Gasteiger partial charge in [-0.25, -0.2) is 4.79 Å². The van der Waals surface area contributed by atoms with Gasteiger partial charge in [0.2, 0.25) is 0 Å². The summed E-state index contributed by atoms with van der Waals surface area (Å²) in [5.41, 5.74) is 1.25. The fraction of sp³-hybridized carbons (Fsp3) is 0.417. The zero-order valence-electron chi connectivity index (χ0n) is 9.72. The molecule has 18 heavy (non-hydrogen) atoms. The molecule has 0 bridgehead atoms. The number of hydrogen-bond acceptors (Lipinski definition) is 3. The highest BCUT2D eigenvalue weighted by Gasteiger charge is 2.15. The number of carbonyl (C=O) groups is 1. The number of aliphatic carboxylic acids is 1. The molecule has 4 nitrogen and oxygen atoms in total. The molecule has 1 rings (SSSR count). The first-order chi connectivity index (χ1) is 8.60. The maximum Gasteiger partial charge on any atom is 0.337 e. The van der Waals surface area contributed by atoms with Crippen LogP contribution in [0.15, 0.2) is 24.3 Å². The van der Waals surface area contributed by atoms with Gasteiger partial charge in [-0.1, -0.05) is 12.1 Å². The third kappa shape index (κ3) is 4.05. The summed E-state index contributed by atoms with van der Waals surface area (Å²) in [4.78, 5) is 12.6. The van der Waals surface area contributed by atoms with E-state index in [9.17, 15) is 9.90 Å². The summed E-state index contributed by atoms with van der Waals surface area (Å²) in [7, 11) is 0. The van der Waals surface area contributed by atoms with Crippen LogP contribution in [-0.2, 0) is 4.79 Å². The van der Waals surface area contributed by atoms with Gasteiger partial charge in [0.05, 0.1) is 0 Å². The molecule has 0 aromatic heterocycles. The summed E-state index contributed by atoms with van der Waals surface area (Å²) in [6, 6.07) is 6.67. The van der Waals surface area contributed by atoms with Crippen LogP contribution < -0.4 is 4.90 Å². The average molecular weight is 292 g/mol.